The topological polar surface area (TPSA) is 29.0 Å². The highest BCUT2D eigenvalue weighted by molar-refractivity contribution is 9.10. The molecule has 0 radical (unpaired) electrons. The third-order valence-electron chi connectivity index (χ3n) is 2.53. The summed E-state index contributed by atoms with van der Waals surface area (Å²) in [5.74, 6) is 0.754. The van der Waals surface area contributed by atoms with Crippen LogP contribution >= 0.6 is 15.9 Å². The minimum absolute atomic E-state index is 0.754. The minimum Gasteiger partial charge on any atom is -0.344 e. The van der Waals surface area contributed by atoms with Crippen molar-refractivity contribution in [3.05, 3.63) is 52.8 Å². The maximum absolute atomic E-state index is 4.26. The van der Waals surface area contributed by atoms with Crippen molar-refractivity contribution in [2.24, 2.45) is 0 Å². The fourth-order valence-corrected chi connectivity index (χ4v) is 1.75. The highest BCUT2D eigenvalue weighted by atomic mass is 79.9. The van der Waals surface area contributed by atoms with E-state index >= 15 is 0 Å². The van der Waals surface area contributed by atoms with Gasteiger partial charge in [0.1, 0.15) is 0 Å². The zero-order valence-electron chi connectivity index (χ0n) is 9.68. The monoisotopic (exact) mass is 291 g/mol. The van der Waals surface area contributed by atoms with Gasteiger partial charge >= 0.3 is 0 Å². The summed E-state index contributed by atoms with van der Waals surface area (Å²) in [5.41, 5.74) is 1.33. The first-order chi connectivity index (χ1) is 8.25. The summed E-state index contributed by atoms with van der Waals surface area (Å²) in [6, 6.07) is 10.4. The Balaban J connectivity index is 1.93. The lowest BCUT2D eigenvalue weighted by Gasteiger charge is -2.16. The summed E-state index contributed by atoms with van der Waals surface area (Å²) in [4.78, 5) is 10.6. The molecule has 3 nitrogen and oxygen atoms in total. The molecule has 0 fully saturated rings. The largest absolute Gasteiger partial charge is 0.344 e. The van der Waals surface area contributed by atoms with Gasteiger partial charge in [-0.15, -0.1) is 0 Å². The van der Waals surface area contributed by atoms with Crippen LogP contribution in [0.2, 0.25) is 0 Å². The maximum atomic E-state index is 4.26. The highest BCUT2D eigenvalue weighted by Crippen LogP contribution is 2.10. The number of halogens is 1. The minimum atomic E-state index is 0.754. The van der Waals surface area contributed by atoms with Gasteiger partial charge in [0.15, 0.2) is 0 Å². The summed E-state index contributed by atoms with van der Waals surface area (Å²) in [6.07, 6.45) is 4.53. The van der Waals surface area contributed by atoms with Crippen LogP contribution in [0.15, 0.2) is 47.2 Å². The van der Waals surface area contributed by atoms with Gasteiger partial charge in [0.05, 0.1) is 4.47 Å². The lowest BCUT2D eigenvalue weighted by atomic mass is 10.1. The van der Waals surface area contributed by atoms with E-state index < -0.39 is 0 Å². The van der Waals surface area contributed by atoms with Gasteiger partial charge in [-0.1, -0.05) is 30.3 Å². The molecule has 2 aromatic rings. The Bertz CT molecular complexity index is 456. The number of nitrogens with zero attached hydrogens (tertiary/aromatic N) is 3. The molecule has 0 spiro atoms. The highest BCUT2D eigenvalue weighted by Gasteiger charge is 2.03. The van der Waals surface area contributed by atoms with Crippen LogP contribution < -0.4 is 4.90 Å². The summed E-state index contributed by atoms with van der Waals surface area (Å²) in [5, 5.41) is 0. The van der Waals surface area contributed by atoms with E-state index in [0.717, 1.165) is 23.4 Å². The van der Waals surface area contributed by atoms with Gasteiger partial charge in [0, 0.05) is 26.0 Å². The number of likely N-dealkylation sites (N-methyl/N-ethyl adjacent to an activating group) is 1. The zero-order chi connectivity index (χ0) is 12.1. The molecule has 0 N–H and O–H groups in total. The SMILES string of the molecule is CN(CCc1ccccc1)c1ncc(Br)cn1. The third-order valence-corrected chi connectivity index (χ3v) is 2.94. The average Bonchev–Trinajstić information content (AvgIpc) is 2.38. The molecular weight excluding hydrogens is 278 g/mol. The summed E-state index contributed by atoms with van der Waals surface area (Å²) in [7, 11) is 2.01. The van der Waals surface area contributed by atoms with Crippen LogP contribution in [0.5, 0.6) is 0 Å². The van der Waals surface area contributed by atoms with Crippen LogP contribution in [0.25, 0.3) is 0 Å². The van der Waals surface area contributed by atoms with E-state index in [2.05, 4.69) is 55.1 Å². The molecule has 1 aromatic carbocycles. The Morgan fingerprint density at radius 1 is 1.12 bits per heavy atom. The molecule has 0 saturated carbocycles. The Morgan fingerprint density at radius 3 is 2.41 bits per heavy atom. The van der Waals surface area contributed by atoms with E-state index in [1.165, 1.54) is 5.56 Å². The van der Waals surface area contributed by atoms with Gasteiger partial charge in [-0.25, -0.2) is 9.97 Å². The average molecular weight is 292 g/mol. The van der Waals surface area contributed by atoms with Crippen LogP contribution in [-0.4, -0.2) is 23.6 Å². The molecule has 0 aliphatic rings. The van der Waals surface area contributed by atoms with Gasteiger partial charge in [-0.05, 0) is 27.9 Å². The molecule has 0 bridgehead atoms. The van der Waals surface area contributed by atoms with Crippen molar-refractivity contribution in [1.29, 1.82) is 0 Å². The second-order valence-electron chi connectivity index (χ2n) is 3.86. The molecule has 17 heavy (non-hydrogen) atoms. The fourth-order valence-electron chi connectivity index (χ4n) is 1.54. The lowest BCUT2D eigenvalue weighted by Crippen LogP contribution is -2.22. The predicted molar refractivity (Wildman–Crippen MR) is 73.1 cm³/mol. The quantitative estimate of drug-likeness (QED) is 0.867. The number of aromatic nitrogens is 2. The third kappa shape index (κ3) is 3.53. The van der Waals surface area contributed by atoms with E-state index in [-0.39, 0.29) is 0 Å². The first-order valence-electron chi connectivity index (χ1n) is 5.48. The van der Waals surface area contributed by atoms with Gasteiger partial charge in [-0.2, -0.15) is 0 Å². The first-order valence-corrected chi connectivity index (χ1v) is 6.27. The Labute approximate surface area is 110 Å². The van der Waals surface area contributed by atoms with E-state index in [1.807, 2.05) is 13.1 Å². The molecule has 0 atom stereocenters. The van der Waals surface area contributed by atoms with Crippen molar-refractivity contribution in [2.45, 2.75) is 6.42 Å². The van der Waals surface area contributed by atoms with Gasteiger partial charge in [0.25, 0.3) is 0 Å². The van der Waals surface area contributed by atoms with E-state index in [0.29, 0.717) is 0 Å². The van der Waals surface area contributed by atoms with Gasteiger partial charge < -0.3 is 4.90 Å². The standard InChI is InChI=1S/C13H14BrN3/c1-17(13-15-9-12(14)10-16-13)8-7-11-5-3-2-4-6-11/h2-6,9-10H,7-8H2,1H3. The lowest BCUT2D eigenvalue weighted by molar-refractivity contribution is 0.836. The van der Waals surface area contributed by atoms with Crippen molar-refractivity contribution >= 4 is 21.9 Å². The van der Waals surface area contributed by atoms with Crippen LogP contribution in [-0.2, 0) is 6.42 Å². The number of rotatable bonds is 4. The zero-order valence-corrected chi connectivity index (χ0v) is 11.3. The van der Waals surface area contributed by atoms with Crippen LogP contribution in [0.1, 0.15) is 5.56 Å². The molecule has 2 rings (SSSR count). The molecule has 0 unspecified atom stereocenters. The normalized spacial score (nSPS) is 10.2. The molecule has 1 heterocycles. The maximum Gasteiger partial charge on any atom is 0.225 e. The number of hydrogen-bond acceptors (Lipinski definition) is 3. The van der Waals surface area contributed by atoms with Crippen LogP contribution in [0, 0.1) is 0 Å². The van der Waals surface area contributed by atoms with Gasteiger partial charge in [0.2, 0.25) is 5.95 Å². The first kappa shape index (κ1) is 12.0. The van der Waals surface area contributed by atoms with Crippen molar-refractivity contribution in [2.75, 3.05) is 18.5 Å². The van der Waals surface area contributed by atoms with E-state index in [1.54, 1.807) is 12.4 Å². The van der Waals surface area contributed by atoms with Crippen molar-refractivity contribution in [3.8, 4) is 0 Å². The summed E-state index contributed by atoms with van der Waals surface area (Å²) < 4.78 is 0.901. The van der Waals surface area contributed by atoms with Crippen molar-refractivity contribution in [3.63, 3.8) is 0 Å². The number of hydrogen-bond donors (Lipinski definition) is 0. The summed E-state index contributed by atoms with van der Waals surface area (Å²) >= 11 is 3.33. The predicted octanol–water partition coefficient (Wildman–Crippen LogP) is 2.92. The van der Waals surface area contributed by atoms with Crippen LogP contribution in [0.3, 0.4) is 0 Å². The molecule has 0 amide bonds. The molecule has 0 saturated heterocycles. The fraction of sp³-hybridized carbons (Fsp3) is 0.231. The molecule has 1 aromatic heterocycles. The van der Waals surface area contributed by atoms with E-state index in [9.17, 15) is 0 Å². The Morgan fingerprint density at radius 2 is 1.76 bits per heavy atom. The summed E-state index contributed by atoms with van der Waals surface area (Å²) in [6.45, 7) is 0.908. The van der Waals surface area contributed by atoms with Crippen molar-refractivity contribution < 1.29 is 0 Å². The molecule has 0 aliphatic heterocycles. The Kier molecular flexibility index (Phi) is 4.09. The smallest absolute Gasteiger partial charge is 0.225 e. The molecular formula is C13H14BrN3. The second kappa shape index (κ2) is 5.77. The van der Waals surface area contributed by atoms with Gasteiger partial charge in [-0.3, -0.25) is 0 Å². The molecule has 0 aliphatic carbocycles. The van der Waals surface area contributed by atoms with Crippen molar-refractivity contribution in [1.82, 2.24) is 9.97 Å². The van der Waals surface area contributed by atoms with Crippen LogP contribution in [0.4, 0.5) is 5.95 Å². The number of anilines is 1. The second-order valence-corrected chi connectivity index (χ2v) is 4.77. The number of benzene rings is 1. The Hall–Kier alpha value is -1.42. The van der Waals surface area contributed by atoms with E-state index in [4.69, 9.17) is 0 Å². The molecule has 4 heteroatoms. The molecule has 88 valence electrons.